The van der Waals surface area contributed by atoms with Gasteiger partial charge >= 0.3 is 0 Å². The second-order valence-electron chi connectivity index (χ2n) is 11.2. The lowest BCUT2D eigenvalue weighted by Gasteiger charge is -2.41. The number of anilines is 2. The Morgan fingerprint density at radius 1 is 0.925 bits per heavy atom. The first-order chi connectivity index (χ1) is 19.6. The highest BCUT2D eigenvalue weighted by molar-refractivity contribution is 5.98. The van der Waals surface area contributed by atoms with E-state index in [9.17, 15) is 0 Å². The third-order valence-corrected chi connectivity index (χ3v) is 8.69. The molecule has 0 radical (unpaired) electrons. The summed E-state index contributed by atoms with van der Waals surface area (Å²) in [6, 6.07) is 19.5. The molecule has 7 rings (SSSR count). The van der Waals surface area contributed by atoms with Gasteiger partial charge in [0.25, 0.3) is 0 Å². The Morgan fingerprint density at radius 2 is 1.68 bits per heavy atom. The van der Waals surface area contributed by atoms with E-state index >= 15 is 0 Å². The standard InChI is InChI=1S/C31H36N8O/c1-37-14-16-38(17-15-37)24-10-12-25(13-11-24)39-31-28(30(32)34-20-35-31)29(36-39)21-6-8-23(9-7-21)33-19-26-18-22-4-2-3-5-27(22)40-26/h2-9,18,20,24-25,33H,10-17,19H2,1H3,(H2,32,34,35). The minimum Gasteiger partial charge on any atom is -0.459 e. The summed E-state index contributed by atoms with van der Waals surface area (Å²) >= 11 is 0. The molecule has 1 saturated carbocycles. The minimum atomic E-state index is 0.319. The lowest BCUT2D eigenvalue weighted by molar-refractivity contribution is 0.0815. The molecule has 1 aliphatic carbocycles. The van der Waals surface area contributed by atoms with Crippen LogP contribution in [0.15, 0.2) is 65.3 Å². The van der Waals surface area contributed by atoms with Gasteiger partial charge in [-0.2, -0.15) is 5.10 Å². The number of para-hydroxylation sites is 1. The van der Waals surface area contributed by atoms with Crippen molar-refractivity contribution in [1.29, 1.82) is 0 Å². The summed E-state index contributed by atoms with van der Waals surface area (Å²) in [5.41, 5.74) is 11.0. The number of aromatic nitrogens is 4. The number of nitrogens with zero attached hydrogens (tertiary/aromatic N) is 6. The number of rotatable bonds is 6. The molecule has 0 bridgehead atoms. The summed E-state index contributed by atoms with van der Waals surface area (Å²) in [5, 5.41) is 10.5. The van der Waals surface area contributed by atoms with Crippen LogP contribution in [0.4, 0.5) is 11.5 Å². The van der Waals surface area contributed by atoms with Crippen LogP contribution in [0.25, 0.3) is 33.3 Å². The SMILES string of the molecule is CN1CCN(C2CCC(n3nc(-c4ccc(NCc5cc6ccccc6o5)cc4)c4c(N)ncnc43)CC2)CC1. The van der Waals surface area contributed by atoms with Gasteiger partial charge in [-0.25, -0.2) is 14.6 Å². The Labute approximate surface area is 234 Å². The van der Waals surface area contributed by atoms with Gasteiger partial charge in [0, 0.05) is 48.9 Å². The van der Waals surface area contributed by atoms with Crippen LogP contribution >= 0.6 is 0 Å². The quantitative estimate of drug-likeness (QED) is 0.307. The third-order valence-electron chi connectivity index (χ3n) is 8.69. The van der Waals surface area contributed by atoms with E-state index in [1.54, 1.807) is 6.33 Å². The highest BCUT2D eigenvalue weighted by Gasteiger charge is 2.30. The van der Waals surface area contributed by atoms with Crippen LogP contribution in [0.2, 0.25) is 0 Å². The molecular weight excluding hydrogens is 500 g/mol. The Kier molecular flexibility index (Phi) is 6.61. The maximum atomic E-state index is 6.40. The summed E-state index contributed by atoms with van der Waals surface area (Å²) in [6.45, 7) is 5.29. The van der Waals surface area contributed by atoms with Gasteiger partial charge in [0.15, 0.2) is 5.65 Å². The van der Waals surface area contributed by atoms with Gasteiger partial charge in [0.05, 0.1) is 18.0 Å². The smallest absolute Gasteiger partial charge is 0.164 e. The average Bonchev–Trinajstić information content (AvgIpc) is 3.59. The molecule has 0 atom stereocenters. The molecule has 2 aromatic carbocycles. The van der Waals surface area contributed by atoms with Crippen molar-refractivity contribution in [2.75, 3.05) is 44.3 Å². The number of piperazine rings is 1. The fraction of sp³-hybridized carbons (Fsp3) is 0.387. The molecule has 4 heterocycles. The average molecular weight is 537 g/mol. The Hall–Kier alpha value is -3.95. The Balaban J connectivity index is 1.08. The van der Waals surface area contributed by atoms with E-state index < -0.39 is 0 Å². The molecule has 9 heteroatoms. The summed E-state index contributed by atoms with van der Waals surface area (Å²) in [6.07, 6.45) is 6.14. The summed E-state index contributed by atoms with van der Waals surface area (Å²) in [5.74, 6) is 1.38. The van der Waals surface area contributed by atoms with Gasteiger partial charge in [0.1, 0.15) is 29.2 Å². The maximum absolute atomic E-state index is 6.40. The number of furan rings is 1. The first-order valence-electron chi connectivity index (χ1n) is 14.4. The Morgan fingerprint density at radius 3 is 2.45 bits per heavy atom. The topological polar surface area (TPSA) is 101 Å². The molecule has 1 saturated heterocycles. The van der Waals surface area contributed by atoms with Gasteiger partial charge in [-0.3, -0.25) is 4.90 Å². The van der Waals surface area contributed by atoms with Crippen LogP contribution in [0.5, 0.6) is 0 Å². The lowest BCUT2D eigenvalue weighted by Crippen LogP contribution is -2.49. The van der Waals surface area contributed by atoms with Gasteiger partial charge in [-0.15, -0.1) is 0 Å². The number of benzene rings is 2. The molecule has 3 aromatic heterocycles. The van der Waals surface area contributed by atoms with Crippen molar-refractivity contribution in [3.8, 4) is 11.3 Å². The van der Waals surface area contributed by atoms with Crippen LogP contribution in [0, 0.1) is 0 Å². The Bertz CT molecular complexity index is 1570. The van der Waals surface area contributed by atoms with E-state index in [1.165, 1.54) is 25.9 Å². The summed E-state index contributed by atoms with van der Waals surface area (Å²) in [4.78, 5) is 14.1. The van der Waals surface area contributed by atoms with E-state index in [1.807, 2.05) is 18.2 Å². The first kappa shape index (κ1) is 25.0. The first-order valence-corrected chi connectivity index (χ1v) is 14.4. The molecule has 2 fully saturated rings. The molecule has 5 aromatic rings. The molecule has 3 N–H and O–H groups in total. The van der Waals surface area contributed by atoms with Gasteiger partial charge in [0.2, 0.25) is 0 Å². The molecule has 40 heavy (non-hydrogen) atoms. The normalized spacial score (nSPS) is 20.8. The number of nitrogens with two attached hydrogens (primary N) is 1. The predicted molar refractivity (Wildman–Crippen MR) is 159 cm³/mol. The molecule has 0 spiro atoms. The fourth-order valence-electron chi connectivity index (χ4n) is 6.37. The number of hydrogen-bond donors (Lipinski definition) is 2. The highest BCUT2D eigenvalue weighted by Crippen LogP contribution is 2.37. The van der Waals surface area contributed by atoms with Gasteiger partial charge < -0.3 is 20.4 Å². The number of fused-ring (bicyclic) bond motifs is 2. The van der Waals surface area contributed by atoms with Crippen molar-refractivity contribution in [1.82, 2.24) is 29.5 Å². The second kappa shape index (κ2) is 10.6. The third kappa shape index (κ3) is 4.80. The van der Waals surface area contributed by atoms with E-state index in [4.69, 9.17) is 15.2 Å². The summed E-state index contributed by atoms with van der Waals surface area (Å²) < 4.78 is 8.06. The van der Waals surface area contributed by atoms with Crippen molar-refractivity contribution in [3.05, 3.63) is 66.7 Å². The fourth-order valence-corrected chi connectivity index (χ4v) is 6.37. The molecule has 206 valence electrons. The van der Waals surface area contributed by atoms with Crippen molar-refractivity contribution in [2.45, 2.75) is 44.3 Å². The molecule has 9 nitrogen and oxygen atoms in total. The van der Waals surface area contributed by atoms with E-state index in [-0.39, 0.29) is 0 Å². The van der Waals surface area contributed by atoms with Crippen molar-refractivity contribution in [2.24, 2.45) is 0 Å². The highest BCUT2D eigenvalue weighted by atomic mass is 16.3. The zero-order valence-electron chi connectivity index (χ0n) is 23.0. The lowest BCUT2D eigenvalue weighted by atomic mass is 9.90. The van der Waals surface area contributed by atoms with Crippen LogP contribution in [-0.4, -0.2) is 68.8 Å². The zero-order chi connectivity index (χ0) is 27.1. The van der Waals surface area contributed by atoms with Crippen LogP contribution in [-0.2, 0) is 6.54 Å². The van der Waals surface area contributed by atoms with Crippen molar-refractivity contribution >= 4 is 33.5 Å². The molecule has 1 aliphatic heterocycles. The van der Waals surface area contributed by atoms with Crippen LogP contribution in [0.3, 0.4) is 0 Å². The largest absolute Gasteiger partial charge is 0.459 e. The van der Waals surface area contributed by atoms with Crippen molar-refractivity contribution in [3.63, 3.8) is 0 Å². The second-order valence-corrected chi connectivity index (χ2v) is 11.2. The van der Waals surface area contributed by atoms with Crippen LogP contribution in [0.1, 0.15) is 37.5 Å². The van der Waals surface area contributed by atoms with E-state index in [0.717, 1.165) is 70.6 Å². The van der Waals surface area contributed by atoms with Crippen molar-refractivity contribution < 1.29 is 4.42 Å². The minimum absolute atomic E-state index is 0.319. The van der Waals surface area contributed by atoms with E-state index in [0.29, 0.717) is 24.4 Å². The predicted octanol–water partition coefficient (Wildman–Crippen LogP) is 5.16. The monoisotopic (exact) mass is 536 g/mol. The van der Waals surface area contributed by atoms with Crippen LogP contribution < -0.4 is 11.1 Å². The number of nitrogens with one attached hydrogen (secondary N) is 1. The number of hydrogen-bond acceptors (Lipinski definition) is 8. The number of nitrogen functional groups attached to an aromatic ring is 1. The molecular formula is C31H36N8O. The summed E-state index contributed by atoms with van der Waals surface area (Å²) in [7, 11) is 2.22. The number of likely N-dealkylation sites (N-methyl/N-ethyl adjacent to an activating group) is 1. The zero-order valence-corrected chi connectivity index (χ0v) is 23.0. The van der Waals surface area contributed by atoms with Gasteiger partial charge in [-0.1, -0.05) is 30.3 Å². The molecule has 2 aliphatic rings. The maximum Gasteiger partial charge on any atom is 0.164 e. The molecule has 0 unspecified atom stereocenters. The molecule has 0 amide bonds. The van der Waals surface area contributed by atoms with E-state index in [2.05, 4.69) is 73.2 Å². The van der Waals surface area contributed by atoms with Gasteiger partial charge in [-0.05, 0) is 57.0 Å².